The van der Waals surface area contributed by atoms with E-state index in [9.17, 15) is 4.79 Å². The Bertz CT molecular complexity index is 257. The van der Waals surface area contributed by atoms with E-state index >= 15 is 0 Å². The number of ether oxygens (including phenoxy) is 1. The van der Waals surface area contributed by atoms with E-state index < -0.39 is 0 Å². The van der Waals surface area contributed by atoms with Crippen LogP contribution in [-0.2, 0) is 9.53 Å². The molecule has 16 heavy (non-hydrogen) atoms. The molecular weight excluding hydrogens is 204 g/mol. The number of nitrogens with one attached hydrogen (secondary N) is 1. The fourth-order valence-corrected chi connectivity index (χ4v) is 2.56. The molecule has 4 nitrogen and oxygen atoms in total. The van der Waals surface area contributed by atoms with Crippen LogP contribution in [0.25, 0.3) is 0 Å². The molecule has 4 heteroatoms. The first-order valence-electron chi connectivity index (χ1n) is 6.34. The molecule has 4 atom stereocenters. The first kappa shape index (κ1) is 11.9. The van der Waals surface area contributed by atoms with Crippen molar-refractivity contribution in [2.75, 3.05) is 6.54 Å². The fourth-order valence-electron chi connectivity index (χ4n) is 2.56. The summed E-state index contributed by atoms with van der Waals surface area (Å²) < 4.78 is 5.70. The van der Waals surface area contributed by atoms with Crippen LogP contribution in [0.15, 0.2) is 0 Å². The largest absolute Gasteiger partial charge is 0.373 e. The van der Waals surface area contributed by atoms with Crippen molar-refractivity contribution < 1.29 is 9.53 Å². The Morgan fingerprint density at radius 2 is 2.38 bits per heavy atom. The Morgan fingerprint density at radius 3 is 2.94 bits per heavy atom. The summed E-state index contributed by atoms with van der Waals surface area (Å²) in [6, 6.07) is 0.263. The minimum atomic E-state index is 0.154. The molecule has 0 aromatic heterocycles. The third kappa shape index (κ3) is 2.74. The molecule has 0 saturated carbocycles. The van der Waals surface area contributed by atoms with E-state index in [1.165, 1.54) is 6.42 Å². The van der Waals surface area contributed by atoms with Gasteiger partial charge in [-0.2, -0.15) is 0 Å². The lowest BCUT2D eigenvalue weighted by molar-refractivity contribution is -0.122. The molecule has 4 unspecified atom stereocenters. The second-order valence-corrected chi connectivity index (χ2v) is 5.16. The molecule has 0 aromatic rings. The first-order valence-corrected chi connectivity index (χ1v) is 6.34. The maximum absolute atomic E-state index is 11.7. The van der Waals surface area contributed by atoms with Crippen LogP contribution >= 0.6 is 0 Å². The van der Waals surface area contributed by atoms with E-state index in [1.54, 1.807) is 0 Å². The number of rotatable bonds is 5. The second kappa shape index (κ2) is 5.15. The van der Waals surface area contributed by atoms with Gasteiger partial charge in [0, 0.05) is 6.42 Å². The van der Waals surface area contributed by atoms with Crippen molar-refractivity contribution in [2.24, 2.45) is 11.7 Å². The van der Waals surface area contributed by atoms with Crippen molar-refractivity contribution in [1.29, 1.82) is 0 Å². The fraction of sp³-hybridized carbons (Fsp3) is 0.917. The molecule has 2 aliphatic rings. The van der Waals surface area contributed by atoms with Crippen LogP contribution in [0, 0.1) is 5.92 Å². The van der Waals surface area contributed by atoms with Crippen LogP contribution in [0.3, 0.4) is 0 Å². The van der Waals surface area contributed by atoms with Crippen molar-refractivity contribution in [3.8, 4) is 0 Å². The molecular formula is C12H22N2O2. The van der Waals surface area contributed by atoms with Crippen LogP contribution < -0.4 is 11.1 Å². The Labute approximate surface area is 96.9 Å². The SMILES string of the molecule is CC(CN)CCC(=O)NC1CC2CCC1O2. The standard InChI is InChI=1S/C12H22N2O2/c1-8(7-13)2-5-12(15)14-10-6-9-3-4-11(10)16-9/h8-11H,2-7,13H2,1H3,(H,14,15). The van der Waals surface area contributed by atoms with Gasteiger partial charge in [0.15, 0.2) is 0 Å². The summed E-state index contributed by atoms with van der Waals surface area (Å²) in [6.07, 6.45) is 5.42. The quantitative estimate of drug-likeness (QED) is 0.728. The van der Waals surface area contributed by atoms with Gasteiger partial charge in [0.05, 0.1) is 18.2 Å². The zero-order chi connectivity index (χ0) is 11.5. The van der Waals surface area contributed by atoms with Crippen LogP contribution in [0.1, 0.15) is 39.0 Å². The third-order valence-electron chi connectivity index (χ3n) is 3.72. The molecule has 2 aliphatic heterocycles. The molecule has 0 aromatic carbocycles. The Kier molecular flexibility index (Phi) is 3.82. The second-order valence-electron chi connectivity index (χ2n) is 5.16. The van der Waals surface area contributed by atoms with Gasteiger partial charge in [-0.25, -0.2) is 0 Å². The summed E-state index contributed by atoms with van der Waals surface area (Å²) in [5, 5.41) is 3.08. The van der Waals surface area contributed by atoms with Gasteiger partial charge in [-0.05, 0) is 38.1 Å². The van der Waals surface area contributed by atoms with E-state index in [0.29, 0.717) is 25.0 Å². The molecule has 2 rings (SSSR count). The highest BCUT2D eigenvalue weighted by Crippen LogP contribution is 2.34. The van der Waals surface area contributed by atoms with E-state index in [2.05, 4.69) is 12.2 Å². The summed E-state index contributed by atoms with van der Waals surface area (Å²) in [4.78, 5) is 11.7. The summed E-state index contributed by atoms with van der Waals surface area (Å²) in [5.41, 5.74) is 5.52. The average Bonchev–Trinajstić information content (AvgIpc) is 2.87. The van der Waals surface area contributed by atoms with E-state index in [4.69, 9.17) is 10.5 Å². The third-order valence-corrected chi connectivity index (χ3v) is 3.72. The smallest absolute Gasteiger partial charge is 0.220 e. The highest BCUT2D eigenvalue weighted by Gasteiger charge is 2.41. The molecule has 1 amide bonds. The van der Waals surface area contributed by atoms with Crippen LogP contribution in [0.2, 0.25) is 0 Å². The van der Waals surface area contributed by atoms with Crippen LogP contribution in [0.5, 0.6) is 0 Å². The number of carbonyl (C=O) groups is 1. The zero-order valence-corrected chi connectivity index (χ0v) is 9.95. The molecule has 0 spiro atoms. The van der Waals surface area contributed by atoms with Gasteiger partial charge in [0.1, 0.15) is 0 Å². The predicted octanol–water partition coefficient (Wildman–Crippen LogP) is 0.797. The topological polar surface area (TPSA) is 64.4 Å². The first-order chi connectivity index (χ1) is 7.69. The maximum Gasteiger partial charge on any atom is 0.220 e. The van der Waals surface area contributed by atoms with Crippen molar-refractivity contribution in [3.63, 3.8) is 0 Å². The molecule has 3 N–H and O–H groups in total. The van der Waals surface area contributed by atoms with Crippen molar-refractivity contribution >= 4 is 5.91 Å². The minimum absolute atomic E-state index is 0.154. The number of amides is 1. The lowest BCUT2D eigenvalue weighted by Crippen LogP contribution is -2.41. The molecule has 2 fully saturated rings. The molecule has 92 valence electrons. The highest BCUT2D eigenvalue weighted by atomic mass is 16.5. The average molecular weight is 226 g/mol. The van der Waals surface area contributed by atoms with Crippen molar-refractivity contribution in [3.05, 3.63) is 0 Å². The lowest BCUT2D eigenvalue weighted by Gasteiger charge is -2.20. The number of fused-ring (bicyclic) bond motifs is 2. The maximum atomic E-state index is 11.7. The molecule has 0 aliphatic carbocycles. The van der Waals surface area contributed by atoms with Crippen molar-refractivity contribution in [1.82, 2.24) is 5.32 Å². The van der Waals surface area contributed by atoms with Gasteiger partial charge in [-0.3, -0.25) is 4.79 Å². The molecule has 0 radical (unpaired) electrons. The van der Waals surface area contributed by atoms with E-state index in [1.807, 2.05) is 0 Å². The number of nitrogens with two attached hydrogens (primary N) is 1. The Morgan fingerprint density at radius 1 is 1.56 bits per heavy atom. The summed E-state index contributed by atoms with van der Waals surface area (Å²) in [6.45, 7) is 2.73. The van der Waals surface area contributed by atoms with Gasteiger partial charge in [-0.15, -0.1) is 0 Å². The van der Waals surface area contributed by atoms with E-state index in [-0.39, 0.29) is 18.1 Å². The molecule has 2 saturated heterocycles. The summed E-state index contributed by atoms with van der Waals surface area (Å²) >= 11 is 0. The Hall–Kier alpha value is -0.610. The van der Waals surface area contributed by atoms with Gasteiger partial charge in [-0.1, -0.05) is 6.92 Å². The molecule has 2 bridgehead atoms. The van der Waals surface area contributed by atoms with Crippen LogP contribution in [-0.4, -0.2) is 30.7 Å². The normalized spacial score (nSPS) is 34.0. The summed E-state index contributed by atoms with van der Waals surface area (Å²) in [5.74, 6) is 0.587. The minimum Gasteiger partial charge on any atom is -0.373 e. The van der Waals surface area contributed by atoms with Crippen molar-refractivity contribution in [2.45, 2.75) is 57.3 Å². The zero-order valence-electron chi connectivity index (χ0n) is 9.95. The number of hydrogen-bond donors (Lipinski definition) is 2. The monoisotopic (exact) mass is 226 g/mol. The highest BCUT2D eigenvalue weighted by molar-refractivity contribution is 5.76. The van der Waals surface area contributed by atoms with Gasteiger partial charge < -0.3 is 15.8 Å². The Balaban J connectivity index is 1.67. The van der Waals surface area contributed by atoms with Gasteiger partial charge in [0.25, 0.3) is 0 Å². The lowest BCUT2D eigenvalue weighted by atomic mass is 9.95. The summed E-state index contributed by atoms with van der Waals surface area (Å²) in [7, 11) is 0. The number of carbonyl (C=O) groups excluding carboxylic acids is 1. The van der Waals surface area contributed by atoms with Crippen LogP contribution in [0.4, 0.5) is 0 Å². The predicted molar refractivity (Wildman–Crippen MR) is 61.9 cm³/mol. The van der Waals surface area contributed by atoms with Gasteiger partial charge >= 0.3 is 0 Å². The molecule has 2 heterocycles. The number of hydrogen-bond acceptors (Lipinski definition) is 3. The van der Waals surface area contributed by atoms with Gasteiger partial charge in [0.2, 0.25) is 5.91 Å². The van der Waals surface area contributed by atoms with E-state index in [0.717, 1.165) is 19.3 Å².